The van der Waals surface area contributed by atoms with E-state index in [0.29, 0.717) is 23.7 Å². The molecular weight excluding hydrogens is 250 g/mol. The fourth-order valence-corrected chi connectivity index (χ4v) is 3.35. The van der Waals surface area contributed by atoms with Gasteiger partial charge in [0.05, 0.1) is 18.3 Å². The van der Waals surface area contributed by atoms with E-state index in [-0.39, 0.29) is 6.10 Å². The minimum atomic E-state index is 0.261. The maximum Gasteiger partial charge on any atom is 0.291 e. The van der Waals surface area contributed by atoms with Crippen molar-refractivity contribution in [3.8, 4) is 11.8 Å². The van der Waals surface area contributed by atoms with Crippen molar-refractivity contribution >= 4 is 11.7 Å². The minimum absolute atomic E-state index is 0.261. The maximum atomic E-state index is 6.04. The maximum absolute atomic E-state index is 6.04. The predicted molar refractivity (Wildman–Crippen MR) is 67.1 cm³/mol. The monoisotopic (exact) mass is 267 g/mol. The van der Waals surface area contributed by atoms with Gasteiger partial charge < -0.3 is 14.8 Å². The largest absolute Gasteiger partial charge is 0.473 e. The molecule has 2 saturated carbocycles. The van der Waals surface area contributed by atoms with Crippen LogP contribution in [0.25, 0.3) is 0 Å². The molecule has 2 aliphatic carbocycles. The summed E-state index contributed by atoms with van der Waals surface area (Å²) in [6, 6.07) is 0.494. The quantitative estimate of drug-likeness (QED) is 0.875. The molecule has 0 radical (unpaired) electrons. The molecule has 0 aromatic carbocycles. The van der Waals surface area contributed by atoms with E-state index in [1.54, 1.807) is 0 Å². The van der Waals surface area contributed by atoms with Gasteiger partial charge in [-0.25, -0.2) is 0 Å². The van der Waals surface area contributed by atoms with Gasteiger partial charge in [0.2, 0.25) is 0 Å². The summed E-state index contributed by atoms with van der Waals surface area (Å²) in [5, 5.41) is 3.49. The molecule has 0 spiro atoms. The molecule has 1 saturated heterocycles. The molecule has 1 N–H and O–H groups in total. The molecule has 1 aliphatic heterocycles. The van der Waals surface area contributed by atoms with Crippen LogP contribution in [0.5, 0.6) is 11.8 Å². The van der Waals surface area contributed by atoms with E-state index in [4.69, 9.17) is 9.47 Å². The van der Waals surface area contributed by atoms with Crippen molar-refractivity contribution in [3.63, 3.8) is 0 Å². The van der Waals surface area contributed by atoms with Crippen LogP contribution in [0.3, 0.4) is 0 Å². The van der Waals surface area contributed by atoms with Gasteiger partial charge in [-0.3, -0.25) is 0 Å². The van der Waals surface area contributed by atoms with Crippen molar-refractivity contribution in [1.82, 2.24) is 14.1 Å². The van der Waals surface area contributed by atoms with Crippen molar-refractivity contribution in [3.05, 3.63) is 0 Å². The second-order valence-electron chi connectivity index (χ2n) is 5.56. The van der Waals surface area contributed by atoms with E-state index in [9.17, 15) is 0 Å². The zero-order chi connectivity index (χ0) is 11.9. The Morgan fingerprint density at radius 3 is 2.72 bits per heavy atom. The Kier molecular flexibility index (Phi) is 2.65. The standard InChI is InChI=1S/C12H17N3O2S/c1-2-7(1)6-16-11-12(15-18-14-11)17-10-8-3-4-9(10)13-5-8/h7-10,13H,1-6H2. The summed E-state index contributed by atoms with van der Waals surface area (Å²) in [5.74, 6) is 2.56. The number of ether oxygens (including phenoxy) is 2. The summed E-state index contributed by atoms with van der Waals surface area (Å²) in [6.07, 6.45) is 5.30. The molecule has 3 unspecified atom stereocenters. The average Bonchev–Trinajstić information content (AvgIpc) is 2.85. The Labute approximate surface area is 110 Å². The van der Waals surface area contributed by atoms with E-state index in [1.807, 2.05) is 0 Å². The fourth-order valence-electron chi connectivity index (χ4n) is 2.91. The van der Waals surface area contributed by atoms with Crippen LogP contribution in [-0.4, -0.2) is 34.0 Å². The summed E-state index contributed by atoms with van der Waals surface area (Å²) < 4.78 is 20.2. The molecule has 3 aliphatic rings. The molecule has 3 fully saturated rings. The first-order valence-electron chi connectivity index (χ1n) is 6.75. The van der Waals surface area contributed by atoms with Gasteiger partial charge in [-0.15, -0.1) is 8.75 Å². The Hall–Kier alpha value is -0.880. The third-order valence-electron chi connectivity index (χ3n) is 4.18. The second kappa shape index (κ2) is 4.35. The van der Waals surface area contributed by atoms with Crippen molar-refractivity contribution in [1.29, 1.82) is 0 Å². The van der Waals surface area contributed by atoms with Crippen molar-refractivity contribution in [2.45, 2.75) is 37.8 Å². The molecule has 18 heavy (non-hydrogen) atoms. The Morgan fingerprint density at radius 2 is 2.06 bits per heavy atom. The molecule has 2 bridgehead atoms. The van der Waals surface area contributed by atoms with Crippen LogP contribution in [0.4, 0.5) is 0 Å². The molecule has 98 valence electrons. The van der Waals surface area contributed by atoms with Crippen LogP contribution in [0.2, 0.25) is 0 Å². The highest BCUT2D eigenvalue weighted by molar-refractivity contribution is 6.99. The SMILES string of the molecule is C1CC1COc1nsnc1OC1C2CCC1NC2. The number of hydrogen-bond acceptors (Lipinski definition) is 6. The smallest absolute Gasteiger partial charge is 0.291 e. The molecule has 1 aromatic heterocycles. The summed E-state index contributed by atoms with van der Waals surface area (Å²) in [5.41, 5.74) is 0. The first-order chi connectivity index (χ1) is 8.90. The second-order valence-corrected chi connectivity index (χ2v) is 6.09. The first kappa shape index (κ1) is 11.0. The van der Waals surface area contributed by atoms with E-state index in [1.165, 1.54) is 37.4 Å². The van der Waals surface area contributed by atoms with Gasteiger partial charge in [0, 0.05) is 18.5 Å². The lowest BCUT2D eigenvalue weighted by atomic mass is 10.1. The number of nitrogens with one attached hydrogen (secondary N) is 1. The van der Waals surface area contributed by atoms with E-state index >= 15 is 0 Å². The van der Waals surface area contributed by atoms with E-state index < -0.39 is 0 Å². The molecule has 5 nitrogen and oxygen atoms in total. The molecule has 3 atom stereocenters. The number of fused-ring (bicyclic) bond motifs is 2. The van der Waals surface area contributed by atoms with Crippen LogP contribution in [0, 0.1) is 11.8 Å². The van der Waals surface area contributed by atoms with Gasteiger partial charge >= 0.3 is 0 Å². The van der Waals surface area contributed by atoms with E-state index in [2.05, 4.69) is 14.1 Å². The average molecular weight is 267 g/mol. The van der Waals surface area contributed by atoms with Gasteiger partial charge in [-0.1, -0.05) is 0 Å². The summed E-state index contributed by atoms with van der Waals surface area (Å²) in [4.78, 5) is 0. The highest BCUT2D eigenvalue weighted by Crippen LogP contribution is 2.37. The predicted octanol–water partition coefficient (Wildman–Crippen LogP) is 1.46. The molecule has 0 amide bonds. The number of hydrogen-bond donors (Lipinski definition) is 1. The van der Waals surface area contributed by atoms with Gasteiger partial charge in [-0.2, -0.15) is 0 Å². The Morgan fingerprint density at radius 1 is 1.17 bits per heavy atom. The zero-order valence-electron chi connectivity index (χ0n) is 10.2. The van der Waals surface area contributed by atoms with Crippen LogP contribution in [0.15, 0.2) is 0 Å². The van der Waals surface area contributed by atoms with Crippen LogP contribution in [0.1, 0.15) is 25.7 Å². The highest BCUT2D eigenvalue weighted by Gasteiger charge is 2.44. The molecule has 2 heterocycles. The molecule has 4 rings (SSSR count). The minimum Gasteiger partial charge on any atom is -0.473 e. The molecule has 6 heteroatoms. The number of rotatable bonds is 5. The summed E-state index contributed by atoms with van der Waals surface area (Å²) in [7, 11) is 0. The highest BCUT2D eigenvalue weighted by atomic mass is 32.1. The van der Waals surface area contributed by atoms with Crippen molar-refractivity contribution in [2.75, 3.05) is 13.2 Å². The van der Waals surface area contributed by atoms with Crippen molar-refractivity contribution < 1.29 is 9.47 Å². The normalized spacial score (nSPS) is 33.9. The summed E-state index contributed by atoms with van der Waals surface area (Å²) in [6.45, 7) is 1.84. The van der Waals surface area contributed by atoms with E-state index in [0.717, 1.165) is 19.1 Å². The third-order valence-corrected chi connectivity index (χ3v) is 4.68. The topological polar surface area (TPSA) is 56.3 Å². The van der Waals surface area contributed by atoms with Gasteiger partial charge in [0.1, 0.15) is 6.10 Å². The number of piperidine rings is 1. The fraction of sp³-hybridized carbons (Fsp3) is 0.833. The van der Waals surface area contributed by atoms with Crippen molar-refractivity contribution in [2.24, 2.45) is 11.8 Å². The first-order valence-corrected chi connectivity index (χ1v) is 7.48. The van der Waals surface area contributed by atoms with Gasteiger partial charge in [0.15, 0.2) is 0 Å². The van der Waals surface area contributed by atoms with Gasteiger partial charge in [0.25, 0.3) is 11.8 Å². The number of aromatic nitrogens is 2. The molecular formula is C12H17N3O2S. The Balaban J connectivity index is 1.42. The molecule has 1 aromatic rings. The Bertz CT molecular complexity index is 415. The van der Waals surface area contributed by atoms with Crippen LogP contribution < -0.4 is 14.8 Å². The lowest BCUT2D eigenvalue weighted by Gasteiger charge is -2.15. The lowest BCUT2D eigenvalue weighted by Crippen LogP contribution is -2.31. The lowest BCUT2D eigenvalue weighted by molar-refractivity contribution is 0.158. The summed E-state index contributed by atoms with van der Waals surface area (Å²) >= 11 is 1.17. The zero-order valence-corrected chi connectivity index (χ0v) is 11.0. The van der Waals surface area contributed by atoms with Crippen LogP contribution >= 0.6 is 11.7 Å². The third kappa shape index (κ3) is 1.97. The van der Waals surface area contributed by atoms with Gasteiger partial charge in [-0.05, 0) is 31.6 Å². The number of nitrogens with zero attached hydrogens (tertiary/aromatic N) is 2. The van der Waals surface area contributed by atoms with Crippen LogP contribution in [-0.2, 0) is 0 Å².